The van der Waals surface area contributed by atoms with Crippen LogP contribution in [0.25, 0.3) is 0 Å². The van der Waals surface area contributed by atoms with Gasteiger partial charge in [-0.25, -0.2) is 9.78 Å². The Morgan fingerprint density at radius 1 is 1.41 bits per heavy atom. The minimum absolute atomic E-state index is 0.0887. The molecule has 2 aromatic rings. The van der Waals surface area contributed by atoms with E-state index in [2.05, 4.69) is 9.97 Å². The second kappa shape index (κ2) is 6.69. The molecule has 0 saturated heterocycles. The number of carbonyl (C=O) groups is 1. The number of nitrogens with one attached hydrogen (secondary N) is 1. The second-order valence-corrected chi connectivity index (χ2v) is 6.06. The minimum Gasteiger partial charge on any atom is -0.344 e. The number of aromatic amines is 1. The van der Waals surface area contributed by atoms with Gasteiger partial charge in [-0.1, -0.05) is 0 Å². The number of aromatic nitrogens is 3. The van der Waals surface area contributed by atoms with Crippen LogP contribution >= 0.6 is 11.3 Å². The van der Waals surface area contributed by atoms with Gasteiger partial charge in [0.25, 0.3) is 5.56 Å². The van der Waals surface area contributed by atoms with E-state index in [-0.39, 0.29) is 12.5 Å². The molecule has 0 aromatic carbocycles. The summed E-state index contributed by atoms with van der Waals surface area (Å²) in [5, 5.41) is 0. The van der Waals surface area contributed by atoms with Gasteiger partial charge in [0, 0.05) is 36.7 Å². The molecule has 0 aliphatic rings. The van der Waals surface area contributed by atoms with Gasteiger partial charge < -0.3 is 4.90 Å². The van der Waals surface area contributed by atoms with E-state index in [1.807, 2.05) is 6.92 Å². The predicted octanol–water partition coefficient (Wildman–Crippen LogP) is 0.311. The molecule has 0 radical (unpaired) electrons. The molecule has 0 fully saturated rings. The number of hydrogen-bond donors (Lipinski definition) is 1. The van der Waals surface area contributed by atoms with E-state index in [0.717, 1.165) is 17.0 Å². The Kier molecular flexibility index (Phi) is 4.92. The topological polar surface area (TPSA) is 88.1 Å². The number of amides is 1. The molecule has 0 aliphatic heterocycles. The van der Waals surface area contributed by atoms with Crippen molar-refractivity contribution in [2.24, 2.45) is 0 Å². The van der Waals surface area contributed by atoms with Crippen LogP contribution in [0.1, 0.15) is 16.1 Å². The maximum Gasteiger partial charge on any atom is 0.328 e. The third kappa shape index (κ3) is 3.70. The lowest BCUT2D eigenvalue weighted by Gasteiger charge is -2.17. The van der Waals surface area contributed by atoms with Crippen molar-refractivity contribution < 1.29 is 4.79 Å². The molecule has 0 saturated carbocycles. The fraction of sp³-hybridized carbons (Fsp3) is 0.429. The van der Waals surface area contributed by atoms with Gasteiger partial charge >= 0.3 is 5.69 Å². The van der Waals surface area contributed by atoms with Gasteiger partial charge in [-0.05, 0) is 13.8 Å². The van der Waals surface area contributed by atoms with Crippen LogP contribution in [0, 0.1) is 13.8 Å². The van der Waals surface area contributed by atoms with Crippen LogP contribution in [0.15, 0.2) is 21.3 Å². The number of aryl methyl sites for hydroxylation is 2. The highest BCUT2D eigenvalue weighted by molar-refractivity contribution is 7.09. The first kappa shape index (κ1) is 16.2. The lowest BCUT2D eigenvalue weighted by Crippen LogP contribution is -2.38. The summed E-state index contributed by atoms with van der Waals surface area (Å²) in [4.78, 5) is 44.2. The third-order valence-corrected chi connectivity index (χ3v) is 4.43. The van der Waals surface area contributed by atoms with E-state index in [9.17, 15) is 14.4 Å². The Morgan fingerprint density at radius 2 is 2.14 bits per heavy atom. The zero-order valence-corrected chi connectivity index (χ0v) is 13.6. The molecule has 2 aromatic heterocycles. The van der Waals surface area contributed by atoms with Gasteiger partial charge in [-0.2, -0.15) is 0 Å². The van der Waals surface area contributed by atoms with Crippen molar-refractivity contribution in [2.45, 2.75) is 26.8 Å². The summed E-state index contributed by atoms with van der Waals surface area (Å²) in [5.41, 5.74) is 2.17. The van der Waals surface area contributed by atoms with Gasteiger partial charge in [-0.3, -0.25) is 19.1 Å². The van der Waals surface area contributed by atoms with Crippen LogP contribution in [0.2, 0.25) is 0 Å². The molecule has 1 amide bonds. The molecule has 2 rings (SSSR count). The zero-order chi connectivity index (χ0) is 16.3. The fourth-order valence-corrected chi connectivity index (χ4v) is 2.73. The lowest BCUT2D eigenvalue weighted by molar-refractivity contribution is -0.130. The lowest BCUT2D eigenvalue weighted by atomic mass is 10.3. The number of nitrogens with zero attached hydrogens (tertiary/aromatic N) is 3. The Balaban J connectivity index is 2.00. The van der Waals surface area contributed by atoms with E-state index in [0.29, 0.717) is 12.1 Å². The number of thiazole rings is 1. The second-order valence-electron chi connectivity index (χ2n) is 5.13. The Labute approximate surface area is 131 Å². The maximum absolute atomic E-state index is 12.2. The molecule has 2 heterocycles. The Bertz CT molecular complexity index is 790. The molecule has 0 atom stereocenters. The standard InChI is InChI=1S/C14H18N4O3S/c1-9-6-18(14(21)16-13(9)20)7-12(19)17(3)5-4-11-10(2)15-8-22-11/h6,8H,4-5,7H2,1-3H3,(H,16,20,21). The van der Waals surface area contributed by atoms with Crippen molar-refractivity contribution in [1.82, 2.24) is 19.4 Å². The highest BCUT2D eigenvalue weighted by atomic mass is 32.1. The van der Waals surface area contributed by atoms with Crippen LogP contribution in [-0.4, -0.2) is 38.9 Å². The van der Waals surface area contributed by atoms with E-state index < -0.39 is 11.2 Å². The first-order valence-corrected chi connectivity index (χ1v) is 7.69. The fourth-order valence-electron chi connectivity index (χ4n) is 1.96. The molecule has 0 spiro atoms. The summed E-state index contributed by atoms with van der Waals surface area (Å²) in [5.74, 6) is -0.185. The normalized spacial score (nSPS) is 10.7. The van der Waals surface area contributed by atoms with E-state index in [1.165, 1.54) is 10.8 Å². The molecule has 8 heteroatoms. The first-order valence-electron chi connectivity index (χ1n) is 6.81. The molecule has 7 nitrogen and oxygen atoms in total. The predicted molar refractivity (Wildman–Crippen MR) is 84.3 cm³/mol. The van der Waals surface area contributed by atoms with Crippen LogP contribution < -0.4 is 11.2 Å². The average Bonchev–Trinajstić information content (AvgIpc) is 2.87. The van der Waals surface area contributed by atoms with Gasteiger partial charge in [-0.15, -0.1) is 11.3 Å². The zero-order valence-electron chi connectivity index (χ0n) is 12.8. The van der Waals surface area contributed by atoms with Crippen molar-refractivity contribution in [1.29, 1.82) is 0 Å². The van der Waals surface area contributed by atoms with Crippen LogP contribution in [-0.2, 0) is 17.8 Å². The number of carbonyl (C=O) groups excluding carboxylic acids is 1. The molecule has 22 heavy (non-hydrogen) atoms. The third-order valence-electron chi connectivity index (χ3n) is 3.44. The molecule has 0 unspecified atom stereocenters. The highest BCUT2D eigenvalue weighted by Gasteiger charge is 2.12. The van der Waals surface area contributed by atoms with Gasteiger partial charge in [0.1, 0.15) is 6.54 Å². The van der Waals surface area contributed by atoms with Crippen molar-refractivity contribution in [2.75, 3.05) is 13.6 Å². The van der Waals surface area contributed by atoms with Crippen LogP contribution in [0.4, 0.5) is 0 Å². The summed E-state index contributed by atoms with van der Waals surface area (Å²) in [7, 11) is 1.70. The number of H-pyrrole nitrogens is 1. The molecule has 118 valence electrons. The van der Waals surface area contributed by atoms with Crippen molar-refractivity contribution in [3.63, 3.8) is 0 Å². The number of rotatable bonds is 5. The van der Waals surface area contributed by atoms with Gasteiger partial charge in [0.05, 0.1) is 11.2 Å². The summed E-state index contributed by atoms with van der Waals surface area (Å²) in [6.45, 7) is 4.00. The quantitative estimate of drug-likeness (QED) is 0.858. The molecular weight excluding hydrogens is 304 g/mol. The van der Waals surface area contributed by atoms with E-state index in [1.54, 1.807) is 35.7 Å². The minimum atomic E-state index is -0.573. The van der Waals surface area contributed by atoms with Crippen LogP contribution in [0.5, 0.6) is 0 Å². The molecule has 0 aliphatic carbocycles. The van der Waals surface area contributed by atoms with Crippen molar-refractivity contribution >= 4 is 17.2 Å². The van der Waals surface area contributed by atoms with E-state index in [4.69, 9.17) is 0 Å². The largest absolute Gasteiger partial charge is 0.344 e. The number of likely N-dealkylation sites (N-methyl/N-ethyl adjacent to an activating group) is 1. The van der Waals surface area contributed by atoms with Gasteiger partial charge in [0.2, 0.25) is 5.91 Å². The summed E-state index contributed by atoms with van der Waals surface area (Å²) >= 11 is 1.57. The summed E-state index contributed by atoms with van der Waals surface area (Å²) in [6.07, 6.45) is 2.14. The Morgan fingerprint density at radius 3 is 2.77 bits per heavy atom. The highest BCUT2D eigenvalue weighted by Crippen LogP contribution is 2.12. The monoisotopic (exact) mass is 322 g/mol. The molecule has 1 N–H and O–H groups in total. The molecular formula is C14H18N4O3S. The average molecular weight is 322 g/mol. The molecule has 0 bridgehead atoms. The summed E-state index contributed by atoms with van der Waals surface area (Å²) in [6, 6.07) is 0. The Hall–Kier alpha value is -2.22. The van der Waals surface area contributed by atoms with Crippen molar-refractivity contribution in [3.05, 3.63) is 48.7 Å². The maximum atomic E-state index is 12.2. The van der Waals surface area contributed by atoms with Crippen molar-refractivity contribution in [3.8, 4) is 0 Å². The van der Waals surface area contributed by atoms with E-state index >= 15 is 0 Å². The first-order chi connectivity index (χ1) is 10.4. The smallest absolute Gasteiger partial charge is 0.328 e. The summed E-state index contributed by atoms with van der Waals surface area (Å²) < 4.78 is 1.22. The SMILES string of the molecule is Cc1ncsc1CCN(C)C(=O)Cn1cc(C)c(=O)[nH]c1=O. The number of hydrogen-bond acceptors (Lipinski definition) is 5. The van der Waals surface area contributed by atoms with Gasteiger partial charge in [0.15, 0.2) is 0 Å². The van der Waals surface area contributed by atoms with Crippen LogP contribution in [0.3, 0.4) is 0 Å².